The number of hydrogen-bond donors (Lipinski definition) is 3. The second kappa shape index (κ2) is 14.7. The first-order valence-corrected chi connectivity index (χ1v) is 15.4. The molecule has 1 aliphatic rings. The van der Waals surface area contributed by atoms with Gasteiger partial charge in [0.05, 0.1) is 36.7 Å². The molecule has 222 valence electrons. The van der Waals surface area contributed by atoms with Crippen LogP contribution in [0, 0.1) is 5.92 Å². The minimum absolute atomic E-state index is 0.00726. The van der Waals surface area contributed by atoms with Gasteiger partial charge in [-0.05, 0) is 65.2 Å². The summed E-state index contributed by atoms with van der Waals surface area (Å²) in [5, 5.41) is 12.9. The Labute approximate surface area is 233 Å². The Balaban J connectivity index is 2.46. The van der Waals surface area contributed by atoms with E-state index in [-0.39, 0.29) is 54.6 Å². The van der Waals surface area contributed by atoms with Gasteiger partial charge in [-0.3, -0.25) is 9.52 Å². The van der Waals surface area contributed by atoms with E-state index in [9.17, 15) is 23.1 Å². The number of amides is 3. The molecule has 3 N–H and O–H groups in total. The van der Waals surface area contributed by atoms with Crippen molar-refractivity contribution in [3.05, 3.63) is 23.8 Å². The van der Waals surface area contributed by atoms with Crippen molar-refractivity contribution >= 4 is 27.6 Å². The predicted molar refractivity (Wildman–Crippen MR) is 152 cm³/mol. The number of aliphatic hydroxyl groups excluding tert-OH is 1. The molecule has 0 unspecified atom stereocenters. The molecule has 1 aromatic carbocycles. The number of sulfonamides is 1. The van der Waals surface area contributed by atoms with Gasteiger partial charge in [0.25, 0.3) is 5.91 Å². The van der Waals surface area contributed by atoms with Crippen LogP contribution < -0.4 is 14.8 Å². The van der Waals surface area contributed by atoms with Gasteiger partial charge in [-0.25, -0.2) is 13.2 Å². The zero-order valence-electron chi connectivity index (χ0n) is 24.3. The molecule has 1 heterocycles. The van der Waals surface area contributed by atoms with E-state index in [2.05, 4.69) is 10.0 Å². The highest BCUT2D eigenvalue weighted by Gasteiger charge is 2.31. The van der Waals surface area contributed by atoms with Crippen molar-refractivity contribution in [2.75, 3.05) is 44.3 Å². The summed E-state index contributed by atoms with van der Waals surface area (Å²) >= 11 is 0. The fourth-order valence-electron chi connectivity index (χ4n) is 4.37. The molecular weight excluding hydrogens is 524 g/mol. The van der Waals surface area contributed by atoms with Crippen molar-refractivity contribution < 1.29 is 32.6 Å². The van der Waals surface area contributed by atoms with Gasteiger partial charge in [0.15, 0.2) is 0 Å². The molecule has 0 fully saturated rings. The number of aliphatic hydroxyl groups is 1. The van der Waals surface area contributed by atoms with Gasteiger partial charge in [-0.1, -0.05) is 6.92 Å². The molecule has 1 aliphatic heterocycles. The summed E-state index contributed by atoms with van der Waals surface area (Å²) in [5.41, 5.74) is 0.441. The number of nitrogens with zero attached hydrogens (tertiary/aromatic N) is 2. The smallest absolute Gasteiger partial charge is 0.317 e. The van der Waals surface area contributed by atoms with E-state index in [1.807, 2.05) is 27.7 Å². The Bertz CT molecular complexity index is 1070. The van der Waals surface area contributed by atoms with Crippen molar-refractivity contribution in [1.82, 2.24) is 15.1 Å². The van der Waals surface area contributed by atoms with Gasteiger partial charge in [0.1, 0.15) is 5.75 Å². The molecule has 0 aromatic heterocycles. The zero-order chi connectivity index (χ0) is 29.3. The maximum absolute atomic E-state index is 14.0. The van der Waals surface area contributed by atoms with Crippen LogP contribution in [0.2, 0.25) is 0 Å². The quantitative estimate of drug-likeness (QED) is 0.458. The van der Waals surface area contributed by atoms with E-state index in [1.165, 1.54) is 6.07 Å². The molecule has 12 heteroatoms. The third-order valence-electron chi connectivity index (χ3n) is 6.57. The molecule has 4 atom stereocenters. The zero-order valence-corrected chi connectivity index (χ0v) is 25.1. The normalized spacial score (nSPS) is 22.3. The lowest BCUT2D eigenvalue weighted by Gasteiger charge is -2.36. The van der Waals surface area contributed by atoms with Crippen LogP contribution in [0.15, 0.2) is 18.2 Å². The van der Waals surface area contributed by atoms with Gasteiger partial charge in [-0.2, -0.15) is 0 Å². The highest BCUT2D eigenvalue weighted by molar-refractivity contribution is 7.92. The molecular formula is C27H46N4O7S. The Morgan fingerprint density at radius 2 is 1.92 bits per heavy atom. The number of carbonyl (C=O) groups is 2. The van der Waals surface area contributed by atoms with Crippen LogP contribution in [0.3, 0.4) is 0 Å². The maximum atomic E-state index is 14.0. The van der Waals surface area contributed by atoms with Gasteiger partial charge in [0.2, 0.25) is 10.0 Å². The van der Waals surface area contributed by atoms with Crippen LogP contribution in [0.4, 0.5) is 10.5 Å². The second-order valence-corrected chi connectivity index (χ2v) is 12.6. The predicted octanol–water partition coefficient (Wildman–Crippen LogP) is 2.90. The minimum Gasteiger partial charge on any atom is -0.490 e. The fraction of sp³-hybridized carbons (Fsp3) is 0.704. The Morgan fingerprint density at radius 3 is 2.54 bits per heavy atom. The molecule has 0 radical (unpaired) electrons. The van der Waals surface area contributed by atoms with Crippen LogP contribution in [0.1, 0.15) is 64.2 Å². The van der Waals surface area contributed by atoms with Crippen LogP contribution in [0.5, 0.6) is 5.75 Å². The number of fused-ring (bicyclic) bond motifs is 1. The van der Waals surface area contributed by atoms with E-state index in [0.29, 0.717) is 18.9 Å². The standard InChI is InChI=1S/C27H46N4O7S/c1-18(2)28-27(34)30(6)16-25-19(3)15-31(20(4)17-32)26(33)23-14-22(29-39(7,35)36)11-12-24(23)38-21(5)10-8-9-13-37-25/h11-12,14,18-21,25,29,32H,8-10,13,15-17H2,1-7H3,(H,28,34)/t19-,20+,21+,25-/m1/s1. The second-order valence-electron chi connectivity index (χ2n) is 10.9. The summed E-state index contributed by atoms with van der Waals surface area (Å²) in [6, 6.07) is 3.88. The minimum atomic E-state index is -3.57. The number of nitrogens with one attached hydrogen (secondary N) is 2. The lowest BCUT2D eigenvalue weighted by atomic mass is 10.0. The molecule has 2 rings (SSSR count). The number of hydrogen-bond acceptors (Lipinski definition) is 7. The average Bonchev–Trinajstić information content (AvgIpc) is 2.84. The summed E-state index contributed by atoms with van der Waals surface area (Å²) in [6.45, 7) is 10.2. The fourth-order valence-corrected chi connectivity index (χ4v) is 4.93. The van der Waals surface area contributed by atoms with E-state index >= 15 is 0 Å². The number of carbonyl (C=O) groups excluding carboxylic acids is 2. The molecule has 1 aromatic rings. The number of benzene rings is 1. The molecule has 11 nitrogen and oxygen atoms in total. The molecule has 0 bridgehead atoms. The van der Waals surface area contributed by atoms with E-state index in [1.54, 1.807) is 35.9 Å². The Morgan fingerprint density at radius 1 is 1.23 bits per heavy atom. The van der Waals surface area contributed by atoms with E-state index in [0.717, 1.165) is 25.5 Å². The van der Waals surface area contributed by atoms with Crippen molar-refractivity contribution in [3.8, 4) is 5.75 Å². The first kappa shape index (κ1) is 32.6. The lowest BCUT2D eigenvalue weighted by Crippen LogP contribution is -2.49. The highest BCUT2D eigenvalue weighted by atomic mass is 32.2. The summed E-state index contributed by atoms with van der Waals surface area (Å²) < 4.78 is 38.5. The van der Waals surface area contributed by atoms with Crippen LogP contribution in [-0.4, -0.2) is 99.2 Å². The molecule has 0 aliphatic carbocycles. The number of urea groups is 1. The van der Waals surface area contributed by atoms with Gasteiger partial charge in [-0.15, -0.1) is 0 Å². The molecule has 39 heavy (non-hydrogen) atoms. The topological polar surface area (TPSA) is 138 Å². The molecule has 0 saturated heterocycles. The lowest BCUT2D eigenvalue weighted by molar-refractivity contribution is -0.0122. The monoisotopic (exact) mass is 570 g/mol. The number of rotatable bonds is 7. The first-order chi connectivity index (χ1) is 18.2. The molecule has 0 saturated carbocycles. The molecule has 0 spiro atoms. The number of anilines is 1. The third-order valence-corrected chi connectivity index (χ3v) is 7.17. The summed E-state index contributed by atoms with van der Waals surface area (Å²) in [5.74, 6) is -0.241. The Kier molecular flexibility index (Phi) is 12.3. The first-order valence-electron chi connectivity index (χ1n) is 13.5. The van der Waals surface area contributed by atoms with Gasteiger partial charge >= 0.3 is 6.03 Å². The average molecular weight is 571 g/mol. The van der Waals surface area contributed by atoms with Crippen LogP contribution in [0.25, 0.3) is 0 Å². The maximum Gasteiger partial charge on any atom is 0.317 e. The largest absolute Gasteiger partial charge is 0.490 e. The van der Waals surface area contributed by atoms with Crippen molar-refractivity contribution in [2.24, 2.45) is 5.92 Å². The third kappa shape index (κ3) is 10.5. The number of likely N-dealkylation sites (N-methyl/N-ethyl adjacent to an activating group) is 1. The summed E-state index contributed by atoms with van der Waals surface area (Å²) in [4.78, 5) is 29.7. The van der Waals surface area contributed by atoms with Crippen molar-refractivity contribution in [1.29, 1.82) is 0 Å². The van der Waals surface area contributed by atoms with E-state index < -0.39 is 22.0 Å². The highest BCUT2D eigenvalue weighted by Crippen LogP contribution is 2.28. The van der Waals surface area contributed by atoms with Gasteiger partial charge < -0.3 is 29.7 Å². The summed E-state index contributed by atoms with van der Waals surface area (Å²) in [7, 11) is -1.86. The molecule has 3 amide bonds. The van der Waals surface area contributed by atoms with Crippen molar-refractivity contribution in [2.45, 2.75) is 78.2 Å². The van der Waals surface area contributed by atoms with E-state index in [4.69, 9.17) is 9.47 Å². The van der Waals surface area contributed by atoms with Gasteiger partial charge in [0, 0.05) is 44.4 Å². The SMILES string of the molecule is CC(C)NC(=O)N(C)C[C@H]1OCCCC[C@H](C)Oc2ccc(NS(C)(=O)=O)cc2C(=O)N([C@@H](C)CO)C[C@H]1C. The van der Waals surface area contributed by atoms with Crippen LogP contribution >= 0.6 is 0 Å². The van der Waals surface area contributed by atoms with Crippen molar-refractivity contribution in [3.63, 3.8) is 0 Å². The van der Waals surface area contributed by atoms with Crippen LogP contribution in [-0.2, 0) is 14.8 Å². The Hall–Kier alpha value is -2.57. The summed E-state index contributed by atoms with van der Waals surface area (Å²) in [6.07, 6.45) is 2.87. The number of ether oxygens (including phenoxy) is 2.